The molecule has 0 aromatic heterocycles. The third-order valence-corrected chi connectivity index (χ3v) is 13.7. The minimum Gasteiger partial charge on any atom is -0.517 e. The molecule has 120 valence electrons. The Labute approximate surface area is 127 Å². The molecule has 0 heterocycles. The topological polar surface area (TPSA) is 35.5 Å². The molecule has 0 bridgehead atoms. The van der Waals surface area contributed by atoms with Crippen LogP contribution < -0.4 is 0 Å². The first-order chi connectivity index (χ1) is 8.51. The fraction of sp³-hybridized carbons (Fsp3) is 0.933. The third kappa shape index (κ3) is 5.00. The van der Waals surface area contributed by atoms with Gasteiger partial charge in [0.1, 0.15) is 6.10 Å². The smallest absolute Gasteiger partial charge is 0.320 e. The van der Waals surface area contributed by atoms with Gasteiger partial charge in [0.2, 0.25) is 0 Å². The number of hydrogen-bond donors (Lipinski definition) is 0. The van der Waals surface area contributed by atoms with Gasteiger partial charge in [0.15, 0.2) is 8.32 Å². The van der Waals surface area contributed by atoms with E-state index in [2.05, 4.69) is 67.7 Å². The lowest BCUT2D eigenvalue weighted by molar-refractivity contribution is -0.143. The number of carbonyl (C=O) groups excluding carboxylic acids is 1. The molecule has 0 aromatic carbocycles. The molecule has 0 rings (SSSR count). The molecule has 0 saturated carbocycles. The SMILES string of the molecule is CC(O[Si](C)(C)C(C)(C)C)C(=O)O[Si](C)(C)C(C)(C)C. The summed E-state index contributed by atoms with van der Waals surface area (Å²) in [5.74, 6) is -0.207. The summed E-state index contributed by atoms with van der Waals surface area (Å²) in [6.07, 6.45) is -0.481. The first-order valence-corrected chi connectivity index (χ1v) is 13.2. The molecule has 0 radical (unpaired) electrons. The summed E-state index contributed by atoms with van der Waals surface area (Å²) < 4.78 is 11.9. The van der Waals surface area contributed by atoms with Gasteiger partial charge >= 0.3 is 5.97 Å². The zero-order valence-corrected chi connectivity index (χ0v) is 17.3. The molecule has 0 amide bonds. The molecule has 0 aliphatic heterocycles. The summed E-state index contributed by atoms with van der Waals surface area (Å²) in [5.41, 5.74) is 0. The molecule has 3 nitrogen and oxygen atoms in total. The lowest BCUT2D eigenvalue weighted by Crippen LogP contribution is -2.49. The fourth-order valence-corrected chi connectivity index (χ4v) is 3.46. The van der Waals surface area contributed by atoms with Crippen LogP contribution >= 0.6 is 0 Å². The molecule has 0 saturated heterocycles. The van der Waals surface area contributed by atoms with Gasteiger partial charge in [-0.2, -0.15) is 0 Å². The second kappa shape index (κ2) is 5.93. The van der Waals surface area contributed by atoms with E-state index in [0.717, 1.165) is 0 Å². The highest BCUT2D eigenvalue weighted by Crippen LogP contribution is 2.39. The van der Waals surface area contributed by atoms with Crippen LogP contribution in [0.25, 0.3) is 0 Å². The van der Waals surface area contributed by atoms with Crippen LogP contribution in [0.2, 0.25) is 36.3 Å². The molecule has 5 heteroatoms. The quantitative estimate of drug-likeness (QED) is 0.688. The van der Waals surface area contributed by atoms with Gasteiger partial charge in [-0.25, -0.2) is 0 Å². The lowest BCUT2D eigenvalue weighted by Gasteiger charge is -2.40. The summed E-state index contributed by atoms with van der Waals surface area (Å²) in [4.78, 5) is 12.3. The van der Waals surface area contributed by atoms with E-state index in [1.54, 1.807) is 0 Å². The van der Waals surface area contributed by atoms with Gasteiger partial charge < -0.3 is 8.85 Å². The number of hydrogen-bond acceptors (Lipinski definition) is 3. The number of carbonyl (C=O) groups is 1. The summed E-state index contributed by atoms with van der Waals surface area (Å²) in [6, 6.07) is 0. The van der Waals surface area contributed by atoms with Crippen molar-refractivity contribution in [3.8, 4) is 0 Å². The van der Waals surface area contributed by atoms with Crippen LogP contribution in [-0.4, -0.2) is 28.7 Å². The minimum absolute atomic E-state index is 0.0271. The number of rotatable bonds is 4. The maximum atomic E-state index is 12.3. The van der Waals surface area contributed by atoms with Crippen LogP contribution in [0.3, 0.4) is 0 Å². The summed E-state index contributed by atoms with van der Waals surface area (Å²) in [7, 11) is -4.00. The van der Waals surface area contributed by atoms with Gasteiger partial charge in [-0.05, 0) is 43.2 Å². The lowest BCUT2D eigenvalue weighted by atomic mass is 10.2. The average Bonchev–Trinajstić information content (AvgIpc) is 2.12. The van der Waals surface area contributed by atoms with Gasteiger partial charge in [-0.15, -0.1) is 0 Å². The van der Waals surface area contributed by atoms with E-state index in [1.165, 1.54) is 0 Å². The van der Waals surface area contributed by atoms with Crippen molar-refractivity contribution in [1.82, 2.24) is 0 Å². The highest BCUT2D eigenvalue weighted by atomic mass is 28.4. The van der Waals surface area contributed by atoms with E-state index in [4.69, 9.17) is 8.85 Å². The summed E-state index contributed by atoms with van der Waals surface area (Å²) in [6.45, 7) is 23.2. The Balaban J connectivity index is 4.83. The Morgan fingerprint density at radius 2 is 1.20 bits per heavy atom. The molecule has 0 fully saturated rings. The molecule has 0 aromatic rings. The van der Waals surface area contributed by atoms with Crippen molar-refractivity contribution in [3.63, 3.8) is 0 Å². The first-order valence-electron chi connectivity index (χ1n) is 7.42. The zero-order chi connectivity index (χ0) is 16.6. The molecular weight excluding hydrogens is 284 g/mol. The maximum absolute atomic E-state index is 12.3. The Morgan fingerprint density at radius 3 is 1.50 bits per heavy atom. The average molecular weight is 319 g/mol. The van der Waals surface area contributed by atoms with Crippen LogP contribution in [-0.2, 0) is 13.6 Å². The van der Waals surface area contributed by atoms with Crippen molar-refractivity contribution in [2.45, 2.75) is 90.8 Å². The Morgan fingerprint density at radius 1 is 0.850 bits per heavy atom. The van der Waals surface area contributed by atoms with Crippen molar-refractivity contribution in [2.75, 3.05) is 0 Å². The highest BCUT2D eigenvalue weighted by molar-refractivity contribution is 6.76. The maximum Gasteiger partial charge on any atom is 0.320 e. The fourth-order valence-electron chi connectivity index (χ4n) is 1.15. The van der Waals surface area contributed by atoms with Gasteiger partial charge in [0.05, 0.1) is 0 Å². The molecule has 0 aliphatic rings. The largest absolute Gasteiger partial charge is 0.517 e. The van der Waals surface area contributed by atoms with Crippen LogP contribution in [0.1, 0.15) is 48.5 Å². The Kier molecular flexibility index (Phi) is 5.89. The zero-order valence-electron chi connectivity index (χ0n) is 15.3. The highest BCUT2D eigenvalue weighted by Gasteiger charge is 2.43. The van der Waals surface area contributed by atoms with Crippen molar-refractivity contribution in [3.05, 3.63) is 0 Å². The van der Waals surface area contributed by atoms with Gasteiger partial charge in [-0.3, -0.25) is 4.79 Å². The molecule has 0 spiro atoms. The molecular formula is C15H34O3Si2. The molecule has 20 heavy (non-hydrogen) atoms. The van der Waals surface area contributed by atoms with Crippen molar-refractivity contribution in [1.29, 1.82) is 0 Å². The second-order valence-corrected chi connectivity index (χ2v) is 18.2. The van der Waals surface area contributed by atoms with Crippen LogP contribution in [0.15, 0.2) is 0 Å². The van der Waals surface area contributed by atoms with Crippen LogP contribution in [0.5, 0.6) is 0 Å². The van der Waals surface area contributed by atoms with Crippen LogP contribution in [0, 0.1) is 0 Å². The predicted octanol–water partition coefficient (Wildman–Crippen LogP) is 4.95. The monoisotopic (exact) mass is 318 g/mol. The van der Waals surface area contributed by atoms with E-state index in [1.807, 2.05) is 6.92 Å². The van der Waals surface area contributed by atoms with E-state index >= 15 is 0 Å². The van der Waals surface area contributed by atoms with Crippen molar-refractivity contribution in [2.24, 2.45) is 0 Å². The Bertz CT molecular complexity index is 349. The molecule has 0 N–H and O–H groups in total. The molecule has 0 aliphatic carbocycles. The van der Waals surface area contributed by atoms with Crippen molar-refractivity contribution >= 4 is 22.6 Å². The van der Waals surface area contributed by atoms with E-state index in [0.29, 0.717) is 0 Å². The second-order valence-electron chi connectivity index (χ2n) is 8.70. The van der Waals surface area contributed by atoms with Gasteiger partial charge in [0.25, 0.3) is 8.32 Å². The van der Waals surface area contributed by atoms with Crippen LogP contribution in [0.4, 0.5) is 0 Å². The summed E-state index contributed by atoms with van der Waals surface area (Å²) in [5, 5.41) is 0.123. The van der Waals surface area contributed by atoms with E-state index in [-0.39, 0.29) is 16.0 Å². The minimum atomic E-state index is -2.07. The normalized spacial score (nSPS) is 15.9. The standard InChI is InChI=1S/C15H34O3Si2/c1-12(17-19(8,9)14(2,3)4)13(16)18-20(10,11)15(5,6)7/h12H,1-11H3. The van der Waals surface area contributed by atoms with Crippen molar-refractivity contribution < 1.29 is 13.6 Å². The first kappa shape index (κ1) is 19.9. The van der Waals surface area contributed by atoms with Gasteiger partial charge in [-0.1, -0.05) is 41.5 Å². The Hall–Kier alpha value is -0.136. The molecule has 1 unspecified atom stereocenters. The summed E-state index contributed by atoms with van der Waals surface area (Å²) >= 11 is 0. The van der Waals surface area contributed by atoms with E-state index in [9.17, 15) is 4.79 Å². The molecule has 1 atom stereocenters. The third-order valence-electron chi connectivity index (χ3n) is 4.77. The van der Waals surface area contributed by atoms with E-state index < -0.39 is 22.7 Å². The predicted molar refractivity (Wildman–Crippen MR) is 91.0 cm³/mol. The van der Waals surface area contributed by atoms with Gasteiger partial charge in [0, 0.05) is 0 Å².